The van der Waals surface area contributed by atoms with Crippen molar-refractivity contribution in [2.24, 2.45) is 0 Å². The monoisotopic (exact) mass is 356 g/mol. The first-order chi connectivity index (χ1) is 11.0. The van der Waals surface area contributed by atoms with Crippen molar-refractivity contribution in [3.05, 3.63) is 24.4 Å². The molecule has 23 heavy (non-hydrogen) atoms. The molecule has 130 valence electrons. The lowest BCUT2D eigenvalue weighted by molar-refractivity contribution is -0.145. The third kappa shape index (κ3) is 8.63. The van der Waals surface area contributed by atoms with E-state index in [1.54, 1.807) is 27.8 Å². The van der Waals surface area contributed by atoms with Gasteiger partial charge < -0.3 is 4.74 Å². The Balaban J connectivity index is 2.10. The van der Waals surface area contributed by atoms with E-state index in [-0.39, 0.29) is 12.0 Å². The Morgan fingerprint density at radius 2 is 2.13 bits per heavy atom. The van der Waals surface area contributed by atoms with Gasteiger partial charge in [-0.25, -0.2) is 4.98 Å². The van der Waals surface area contributed by atoms with Crippen LogP contribution >= 0.6 is 21.6 Å². The second-order valence-corrected chi connectivity index (χ2v) is 8.07. The van der Waals surface area contributed by atoms with E-state index in [1.807, 2.05) is 18.2 Å². The zero-order chi connectivity index (χ0) is 17.1. The number of hydrogen-bond acceptors (Lipinski definition) is 6. The summed E-state index contributed by atoms with van der Waals surface area (Å²) in [6, 6.07) is 6.60. The zero-order valence-electron chi connectivity index (χ0n) is 14.5. The van der Waals surface area contributed by atoms with Crippen molar-refractivity contribution in [3.63, 3.8) is 0 Å². The highest BCUT2D eigenvalue weighted by atomic mass is 33.1. The third-order valence-electron chi connectivity index (χ3n) is 3.47. The van der Waals surface area contributed by atoms with Crippen molar-refractivity contribution >= 4 is 27.6 Å². The summed E-state index contributed by atoms with van der Waals surface area (Å²) in [6.45, 7) is 10.0. The third-order valence-corrected chi connectivity index (χ3v) is 5.82. The van der Waals surface area contributed by atoms with Crippen LogP contribution in [0.3, 0.4) is 0 Å². The van der Waals surface area contributed by atoms with Crippen LogP contribution in [0.5, 0.6) is 0 Å². The molecule has 0 aliphatic heterocycles. The molecule has 0 saturated carbocycles. The lowest BCUT2D eigenvalue weighted by atomic mass is 10.2. The summed E-state index contributed by atoms with van der Waals surface area (Å²) in [4.78, 5) is 18.4. The zero-order valence-corrected chi connectivity index (χ0v) is 16.2. The van der Waals surface area contributed by atoms with E-state index < -0.39 is 0 Å². The van der Waals surface area contributed by atoms with E-state index in [1.165, 1.54) is 0 Å². The van der Waals surface area contributed by atoms with Gasteiger partial charge >= 0.3 is 5.97 Å². The van der Waals surface area contributed by atoms with Crippen molar-refractivity contribution in [2.75, 3.05) is 18.9 Å². The Labute approximate surface area is 148 Å². The van der Waals surface area contributed by atoms with Gasteiger partial charge in [-0.15, -0.1) is 0 Å². The lowest BCUT2D eigenvalue weighted by Crippen LogP contribution is -2.41. The molecule has 6 heteroatoms. The minimum Gasteiger partial charge on any atom is -0.464 e. The smallest absolute Gasteiger partial charge is 0.305 e. The first kappa shape index (κ1) is 20.3. The van der Waals surface area contributed by atoms with E-state index in [0.717, 1.165) is 23.7 Å². The molecule has 1 aromatic heterocycles. The van der Waals surface area contributed by atoms with Crippen LogP contribution in [-0.4, -0.2) is 46.8 Å². The molecule has 0 saturated heterocycles. The maximum Gasteiger partial charge on any atom is 0.305 e. The first-order valence-corrected chi connectivity index (χ1v) is 10.5. The number of hydrogen-bond donors (Lipinski definition) is 0. The fraction of sp³-hybridized carbons (Fsp3) is 0.647. The maximum atomic E-state index is 11.8. The van der Waals surface area contributed by atoms with E-state index >= 15 is 0 Å². The second-order valence-electron chi connectivity index (χ2n) is 5.63. The standard InChI is InChI=1S/C17H28N2O2S2/c1-5-19(14(2)3)15(4)13-21-17(20)10-8-12-22-23-16-9-6-7-11-18-16/h6-7,9,11,14-15H,5,8,10,12-13H2,1-4H3. The van der Waals surface area contributed by atoms with Gasteiger partial charge in [0.1, 0.15) is 11.6 Å². The highest BCUT2D eigenvalue weighted by molar-refractivity contribution is 8.76. The molecule has 0 aromatic carbocycles. The lowest BCUT2D eigenvalue weighted by Gasteiger charge is -2.31. The summed E-state index contributed by atoms with van der Waals surface area (Å²) in [7, 11) is 3.37. The molecule has 1 rings (SSSR count). The van der Waals surface area contributed by atoms with E-state index in [0.29, 0.717) is 19.1 Å². The van der Waals surface area contributed by atoms with Crippen LogP contribution in [0.15, 0.2) is 29.4 Å². The fourth-order valence-corrected chi connectivity index (χ4v) is 4.31. The highest BCUT2D eigenvalue weighted by Crippen LogP contribution is 2.29. The molecular weight excluding hydrogens is 328 g/mol. The number of ether oxygens (including phenoxy) is 1. The summed E-state index contributed by atoms with van der Waals surface area (Å²) in [5.41, 5.74) is 0. The Bertz CT molecular complexity index is 443. The van der Waals surface area contributed by atoms with Crippen LogP contribution in [0.4, 0.5) is 0 Å². The molecular formula is C17H28N2O2S2. The molecule has 4 nitrogen and oxygen atoms in total. The molecule has 0 aliphatic carbocycles. The van der Waals surface area contributed by atoms with Crippen LogP contribution in [0, 0.1) is 0 Å². The number of likely N-dealkylation sites (N-methyl/N-ethyl adjacent to an activating group) is 1. The van der Waals surface area contributed by atoms with Crippen LogP contribution in [0.1, 0.15) is 40.5 Å². The van der Waals surface area contributed by atoms with Crippen molar-refractivity contribution in [2.45, 2.75) is 57.6 Å². The summed E-state index contributed by atoms with van der Waals surface area (Å²) >= 11 is 0. The molecule has 0 N–H and O–H groups in total. The Morgan fingerprint density at radius 1 is 1.35 bits per heavy atom. The molecule has 0 fully saturated rings. The molecule has 0 aliphatic rings. The Morgan fingerprint density at radius 3 is 2.74 bits per heavy atom. The average molecular weight is 357 g/mol. The number of carbonyl (C=O) groups excluding carboxylic acids is 1. The molecule has 1 heterocycles. The van der Waals surface area contributed by atoms with Gasteiger partial charge in [0.2, 0.25) is 0 Å². The predicted molar refractivity (Wildman–Crippen MR) is 99.7 cm³/mol. The van der Waals surface area contributed by atoms with Crippen molar-refractivity contribution in [1.82, 2.24) is 9.88 Å². The Hall–Kier alpha value is -0.720. The van der Waals surface area contributed by atoms with Crippen molar-refractivity contribution in [1.29, 1.82) is 0 Å². The largest absolute Gasteiger partial charge is 0.464 e. The number of carbonyl (C=O) groups is 1. The average Bonchev–Trinajstić information content (AvgIpc) is 2.54. The van der Waals surface area contributed by atoms with Gasteiger partial charge in [-0.3, -0.25) is 9.69 Å². The van der Waals surface area contributed by atoms with Gasteiger partial charge in [0.15, 0.2) is 0 Å². The first-order valence-electron chi connectivity index (χ1n) is 8.16. The minimum absolute atomic E-state index is 0.0971. The number of pyridine rings is 1. The summed E-state index contributed by atoms with van der Waals surface area (Å²) in [5.74, 6) is 0.819. The normalized spacial score (nSPS) is 12.6. The molecule has 1 aromatic rings. The molecule has 0 radical (unpaired) electrons. The van der Waals surface area contributed by atoms with Crippen LogP contribution < -0.4 is 0 Å². The van der Waals surface area contributed by atoms with E-state index in [4.69, 9.17) is 4.74 Å². The fourth-order valence-electron chi connectivity index (χ4n) is 2.34. The number of rotatable bonds is 11. The van der Waals surface area contributed by atoms with Crippen molar-refractivity contribution < 1.29 is 9.53 Å². The van der Waals surface area contributed by atoms with E-state index in [2.05, 4.69) is 37.6 Å². The molecule has 1 unspecified atom stereocenters. The van der Waals surface area contributed by atoms with Gasteiger partial charge in [-0.1, -0.05) is 23.8 Å². The molecule has 0 bridgehead atoms. The minimum atomic E-state index is -0.0971. The van der Waals surface area contributed by atoms with Gasteiger partial charge in [0, 0.05) is 30.5 Å². The predicted octanol–water partition coefficient (Wildman–Crippen LogP) is 4.26. The van der Waals surface area contributed by atoms with Crippen LogP contribution in [-0.2, 0) is 9.53 Å². The summed E-state index contributed by atoms with van der Waals surface area (Å²) in [5, 5.41) is 1.00. The summed E-state index contributed by atoms with van der Waals surface area (Å²) in [6.07, 6.45) is 3.11. The van der Waals surface area contributed by atoms with Gasteiger partial charge in [0.25, 0.3) is 0 Å². The van der Waals surface area contributed by atoms with Gasteiger partial charge in [-0.2, -0.15) is 0 Å². The highest BCUT2D eigenvalue weighted by Gasteiger charge is 2.16. The van der Waals surface area contributed by atoms with E-state index in [9.17, 15) is 4.79 Å². The van der Waals surface area contributed by atoms with Gasteiger partial charge in [-0.05, 0) is 56.7 Å². The SMILES string of the molecule is CCN(C(C)C)C(C)COC(=O)CCCSSc1ccccn1. The molecule has 0 spiro atoms. The van der Waals surface area contributed by atoms with Crippen LogP contribution in [0.2, 0.25) is 0 Å². The van der Waals surface area contributed by atoms with Crippen molar-refractivity contribution in [3.8, 4) is 0 Å². The molecule has 0 amide bonds. The number of esters is 1. The molecule has 1 atom stereocenters. The number of aromatic nitrogens is 1. The number of nitrogens with zero attached hydrogens (tertiary/aromatic N) is 2. The summed E-state index contributed by atoms with van der Waals surface area (Å²) < 4.78 is 5.39. The second kappa shape index (κ2) is 11.8. The Kier molecular flexibility index (Phi) is 10.4. The van der Waals surface area contributed by atoms with Gasteiger partial charge in [0.05, 0.1) is 0 Å². The quantitative estimate of drug-likeness (QED) is 0.335. The van der Waals surface area contributed by atoms with Crippen LogP contribution in [0.25, 0.3) is 0 Å². The maximum absolute atomic E-state index is 11.8. The topological polar surface area (TPSA) is 42.4 Å².